The quantitative estimate of drug-likeness (QED) is 0.254. The number of nitrogens with zero attached hydrogens (tertiary/aromatic N) is 3. The summed E-state index contributed by atoms with van der Waals surface area (Å²) in [6.07, 6.45) is 5.40. The Morgan fingerprint density at radius 2 is 2.11 bits per heavy atom. The summed E-state index contributed by atoms with van der Waals surface area (Å²) in [6, 6.07) is 8.37. The minimum Gasteiger partial charge on any atom is -0.497 e. The van der Waals surface area contributed by atoms with Gasteiger partial charge >= 0.3 is 5.69 Å². The topological polar surface area (TPSA) is 110 Å². The van der Waals surface area contributed by atoms with Crippen LogP contribution in [0.5, 0.6) is 11.5 Å². The van der Waals surface area contributed by atoms with E-state index in [2.05, 4.69) is 5.10 Å². The molecular weight excluding hydrogens is 366 g/mol. The van der Waals surface area contributed by atoms with Crippen molar-refractivity contribution in [3.05, 3.63) is 76.0 Å². The van der Waals surface area contributed by atoms with E-state index >= 15 is 0 Å². The molecule has 144 valence electrons. The van der Waals surface area contributed by atoms with Gasteiger partial charge in [0.15, 0.2) is 5.78 Å². The van der Waals surface area contributed by atoms with E-state index < -0.39 is 4.92 Å². The molecule has 2 aromatic heterocycles. The molecule has 0 unspecified atom stereocenters. The number of nitro groups is 1. The zero-order valence-corrected chi connectivity index (χ0v) is 15.2. The second-order valence-corrected chi connectivity index (χ2v) is 5.72. The van der Waals surface area contributed by atoms with Crippen LogP contribution in [0.1, 0.15) is 21.9 Å². The van der Waals surface area contributed by atoms with Gasteiger partial charge in [0.05, 0.1) is 31.3 Å². The number of methoxy groups -OCH3 is 2. The molecule has 0 radical (unpaired) electrons. The lowest BCUT2D eigenvalue weighted by Gasteiger charge is -2.07. The normalized spacial score (nSPS) is 10.9. The van der Waals surface area contributed by atoms with Crippen molar-refractivity contribution >= 4 is 17.5 Å². The number of ketones is 1. The summed E-state index contributed by atoms with van der Waals surface area (Å²) in [7, 11) is 3.01. The van der Waals surface area contributed by atoms with Crippen LogP contribution >= 0.6 is 0 Å². The van der Waals surface area contributed by atoms with E-state index in [1.807, 2.05) is 0 Å². The van der Waals surface area contributed by atoms with Gasteiger partial charge < -0.3 is 13.9 Å². The smallest absolute Gasteiger partial charge is 0.307 e. The van der Waals surface area contributed by atoms with Gasteiger partial charge in [-0.05, 0) is 42.5 Å². The Morgan fingerprint density at radius 1 is 1.29 bits per heavy atom. The van der Waals surface area contributed by atoms with Crippen molar-refractivity contribution in [1.82, 2.24) is 9.78 Å². The molecule has 9 nitrogen and oxygen atoms in total. The average Bonchev–Trinajstić information content (AvgIpc) is 3.35. The fraction of sp³-hybridized carbons (Fsp3) is 0.158. The zero-order valence-electron chi connectivity index (χ0n) is 15.2. The van der Waals surface area contributed by atoms with E-state index in [1.54, 1.807) is 30.3 Å². The highest BCUT2D eigenvalue weighted by Crippen LogP contribution is 2.25. The van der Waals surface area contributed by atoms with Crippen molar-refractivity contribution in [3.63, 3.8) is 0 Å². The van der Waals surface area contributed by atoms with Crippen LogP contribution in [0, 0.1) is 10.1 Å². The Bertz CT molecular complexity index is 1030. The Labute approximate surface area is 159 Å². The largest absolute Gasteiger partial charge is 0.497 e. The van der Waals surface area contributed by atoms with Gasteiger partial charge in [-0.25, -0.2) is 0 Å². The SMILES string of the molecule is COc1ccc(OC)c(C(=O)/C=C/c2ccc(Cn3cc([N+](=O)[O-])cn3)o2)c1. The van der Waals surface area contributed by atoms with Gasteiger partial charge in [0, 0.05) is 0 Å². The van der Waals surface area contributed by atoms with E-state index in [1.165, 1.54) is 43.4 Å². The number of benzene rings is 1. The second-order valence-electron chi connectivity index (χ2n) is 5.72. The molecule has 2 heterocycles. The first-order chi connectivity index (χ1) is 13.5. The molecule has 0 spiro atoms. The maximum Gasteiger partial charge on any atom is 0.307 e. The first-order valence-corrected chi connectivity index (χ1v) is 8.20. The first kappa shape index (κ1) is 18.9. The molecule has 0 N–H and O–H groups in total. The number of hydrogen-bond acceptors (Lipinski definition) is 7. The van der Waals surface area contributed by atoms with Gasteiger partial charge in [0.2, 0.25) is 0 Å². The van der Waals surface area contributed by atoms with Gasteiger partial charge in [-0.2, -0.15) is 5.10 Å². The maximum atomic E-state index is 12.5. The van der Waals surface area contributed by atoms with Crippen molar-refractivity contribution in [2.45, 2.75) is 6.54 Å². The third-order valence-electron chi connectivity index (χ3n) is 3.90. The molecule has 0 aliphatic carbocycles. The second kappa shape index (κ2) is 8.21. The maximum absolute atomic E-state index is 12.5. The standard InChI is InChI=1S/C19H17N3O6/c1-26-15-6-8-19(27-2)17(9-15)18(23)7-5-14-3-4-16(28-14)12-21-11-13(10-20-21)22(24)25/h3-11H,12H2,1-2H3/b7-5+. The van der Waals surface area contributed by atoms with Gasteiger partial charge in [-0.3, -0.25) is 19.6 Å². The lowest BCUT2D eigenvalue weighted by Crippen LogP contribution is -1.99. The number of hydrogen-bond donors (Lipinski definition) is 0. The first-order valence-electron chi connectivity index (χ1n) is 8.20. The molecule has 0 saturated carbocycles. The molecule has 1 aromatic carbocycles. The molecule has 0 bridgehead atoms. The van der Waals surface area contributed by atoms with Crippen LogP contribution in [0.15, 0.2) is 53.2 Å². The van der Waals surface area contributed by atoms with Crippen molar-refractivity contribution in [3.8, 4) is 11.5 Å². The molecule has 0 amide bonds. The van der Waals surface area contributed by atoms with Crippen LogP contribution in [0.4, 0.5) is 5.69 Å². The number of aromatic nitrogens is 2. The molecule has 3 aromatic rings. The van der Waals surface area contributed by atoms with Crippen LogP contribution < -0.4 is 9.47 Å². The number of carbonyl (C=O) groups excluding carboxylic acids is 1. The summed E-state index contributed by atoms with van der Waals surface area (Å²) < 4.78 is 17.4. The van der Waals surface area contributed by atoms with Gasteiger partial charge in [-0.15, -0.1) is 0 Å². The lowest BCUT2D eigenvalue weighted by atomic mass is 10.1. The predicted octanol–water partition coefficient (Wildman–Crippen LogP) is 3.35. The highest BCUT2D eigenvalue weighted by Gasteiger charge is 2.12. The molecule has 0 atom stereocenters. The summed E-state index contributed by atoms with van der Waals surface area (Å²) in [5, 5.41) is 14.6. The summed E-state index contributed by atoms with van der Waals surface area (Å²) in [4.78, 5) is 22.7. The molecule has 0 aliphatic rings. The van der Waals surface area contributed by atoms with Crippen molar-refractivity contribution in [2.75, 3.05) is 14.2 Å². The molecule has 0 saturated heterocycles. The fourth-order valence-electron chi connectivity index (χ4n) is 2.52. The monoisotopic (exact) mass is 383 g/mol. The molecule has 9 heteroatoms. The average molecular weight is 383 g/mol. The summed E-state index contributed by atoms with van der Waals surface area (Å²) in [6.45, 7) is 0.235. The number of furan rings is 1. The summed E-state index contributed by atoms with van der Waals surface area (Å²) >= 11 is 0. The van der Waals surface area contributed by atoms with Crippen LogP contribution in [0.2, 0.25) is 0 Å². The Hall–Kier alpha value is -3.88. The van der Waals surface area contributed by atoms with Crippen molar-refractivity contribution in [2.24, 2.45) is 0 Å². The van der Waals surface area contributed by atoms with E-state index in [-0.39, 0.29) is 18.0 Å². The summed E-state index contributed by atoms with van der Waals surface area (Å²) in [5.41, 5.74) is 0.276. The summed E-state index contributed by atoms with van der Waals surface area (Å²) in [5.74, 6) is 1.73. The van der Waals surface area contributed by atoms with Crippen LogP contribution in [0.25, 0.3) is 6.08 Å². The third kappa shape index (κ3) is 4.26. The highest BCUT2D eigenvalue weighted by molar-refractivity contribution is 6.08. The van der Waals surface area contributed by atoms with E-state index in [9.17, 15) is 14.9 Å². The minimum absolute atomic E-state index is 0.0930. The minimum atomic E-state index is -0.516. The third-order valence-corrected chi connectivity index (χ3v) is 3.90. The number of allylic oxidation sites excluding steroid dienone is 1. The Kier molecular flexibility index (Phi) is 5.54. The fourth-order valence-corrected chi connectivity index (χ4v) is 2.52. The van der Waals surface area contributed by atoms with Crippen LogP contribution in [0.3, 0.4) is 0 Å². The number of ether oxygens (including phenoxy) is 2. The van der Waals surface area contributed by atoms with Gasteiger partial charge in [-0.1, -0.05) is 0 Å². The molecule has 0 fully saturated rings. The molecular formula is C19H17N3O6. The van der Waals surface area contributed by atoms with Crippen LogP contribution in [-0.2, 0) is 6.54 Å². The van der Waals surface area contributed by atoms with Gasteiger partial charge in [0.25, 0.3) is 0 Å². The van der Waals surface area contributed by atoms with Gasteiger partial charge in [0.1, 0.15) is 35.4 Å². The zero-order chi connectivity index (χ0) is 20.1. The predicted molar refractivity (Wildman–Crippen MR) is 99.6 cm³/mol. The Morgan fingerprint density at radius 3 is 2.79 bits per heavy atom. The molecule has 3 rings (SSSR count). The molecule has 0 aliphatic heterocycles. The number of carbonyl (C=O) groups is 1. The number of rotatable bonds is 8. The highest BCUT2D eigenvalue weighted by atomic mass is 16.6. The van der Waals surface area contributed by atoms with Crippen molar-refractivity contribution < 1.29 is 23.6 Å². The molecule has 28 heavy (non-hydrogen) atoms. The Balaban J connectivity index is 1.71. The lowest BCUT2D eigenvalue weighted by molar-refractivity contribution is -0.385. The van der Waals surface area contributed by atoms with Crippen molar-refractivity contribution in [1.29, 1.82) is 0 Å². The van der Waals surface area contributed by atoms with E-state index in [0.717, 1.165) is 0 Å². The van der Waals surface area contributed by atoms with E-state index in [0.29, 0.717) is 28.6 Å². The van der Waals surface area contributed by atoms with Crippen LogP contribution in [-0.4, -0.2) is 34.7 Å². The van der Waals surface area contributed by atoms with E-state index in [4.69, 9.17) is 13.9 Å².